The lowest BCUT2D eigenvalue weighted by Gasteiger charge is -2.54. The van der Waals surface area contributed by atoms with E-state index >= 15 is 0 Å². The first kappa shape index (κ1) is 15.2. The third-order valence-electron chi connectivity index (χ3n) is 4.97. The largest absolute Gasteiger partial charge is 0.382 e. The molecule has 2 saturated carbocycles. The Kier molecular flexibility index (Phi) is 5.63. The number of nitrogens with one attached hydrogen (secondary N) is 1. The molecule has 0 saturated heterocycles. The summed E-state index contributed by atoms with van der Waals surface area (Å²) < 4.78 is 16.5. The summed E-state index contributed by atoms with van der Waals surface area (Å²) in [6.07, 6.45) is 7.11. The minimum atomic E-state index is 0.148. The fourth-order valence-corrected chi connectivity index (χ4v) is 3.84. The van der Waals surface area contributed by atoms with E-state index in [2.05, 4.69) is 12.2 Å². The Hall–Kier alpha value is -0.160. The van der Waals surface area contributed by atoms with Gasteiger partial charge in [0.2, 0.25) is 0 Å². The Balaban J connectivity index is 1.83. The van der Waals surface area contributed by atoms with Crippen LogP contribution < -0.4 is 5.32 Å². The van der Waals surface area contributed by atoms with E-state index in [1.54, 1.807) is 14.2 Å². The normalized spacial score (nSPS) is 30.5. The minimum absolute atomic E-state index is 0.148. The van der Waals surface area contributed by atoms with Gasteiger partial charge < -0.3 is 19.5 Å². The van der Waals surface area contributed by atoms with Crippen LogP contribution >= 0.6 is 0 Å². The maximum atomic E-state index is 5.93. The fraction of sp³-hybridized carbons (Fsp3) is 1.00. The van der Waals surface area contributed by atoms with Crippen molar-refractivity contribution in [1.29, 1.82) is 0 Å². The third kappa shape index (κ3) is 3.13. The number of methoxy groups -OCH3 is 2. The fourth-order valence-electron chi connectivity index (χ4n) is 3.84. The van der Waals surface area contributed by atoms with Gasteiger partial charge in [-0.25, -0.2) is 0 Å². The van der Waals surface area contributed by atoms with E-state index in [-0.39, 0.29) is 6.10 Å². The van der Waals surface area contributed by atoms with Gasteiger partial charge in [-0.2, -0.15) is 0 Å². The first-order chi connectivity index (χ1) is 9.26. The van der Waals surface area contributed by atoms with Crippen molar-refractivity contribution >= 4 is 0 Å². The van der Waals surface area contributed by atoms with Gasteiger partial charge in [-0.15, -0.1) is 0 Å². The molecule has 2 fully saturated rings. The summed E-state index contributed by atoms with van der Waals surface area (Å²) in [7, 11) is 3.47. The molecule has 0 amide bonds. The molecule has 19 heavy (non-hydrogen) atoms. The van der Waals surface area contributed by atoms with Crippen molar-refractivity contribution < 1.29 is 14.2 Å². The van der Waals surface area contributed by atoms with E-state index in [4.69, 9.17) is 14.2 Å². The molecule has 0 aromatic rings. The Morgan fingerprint density at radius 3 is 2.58 bits per heavy atom. The van der Waals surface area contributed by atoms with Gasteiger partial charge in [0.15, 0.2) is 0 Å². The molecule has 0 aromatic heterocycles. The maximum absolute atomic E-state index is 5.93. The first-order valence-electron chi connectivity index (χ1n) is 7.63. The SMILES string of the molecule is CCOC1CC(NCC(COC)OC)C12CCCC2. The van der Waals surface area contributed by atoms with E-state index in [1.807, 2.05) is 0 Å². The molecular weight excluding hydrogens is 242 g/mol. The average Bonchev–Trinajstić information content (AvgIpc) is 2.93. The summed E-state index contributed by atoms with van der Waals surface area (Å²) in [4.78, 5) is 0. The zero-order chi connectivity index (χ0) is 13.7. The average molecular weight is 271 g/mol. The predicted molar refractivity (Wildman–Crippen MR) is 75.4 cm³/mol. The highest BCUT2D eigenvalue weighted by Gasteiger charge is 2.56. The van der Waals surface area contributed by atoms with Crippen molar-refractivity contribution in [3.05, 3.63) is 0 Å². The highest BCUT2D eigenvalue weighted by molar-refractivity contribution is 5.10. The van der Waals surface area contributed by atoms with Crippen molar-refractivity contribution in [3.8, 4) is 0 Å². The number of rotatable bonds is 8. The lowest BCUT2D eigenvalue weighted by Crippen LogP contribution is -2.63. The molecule has 2 aliphatic carbocycles. The van der Waals surface area contributed by atoms with Gasteiger partial charge in [0, 0.05) is 38.8 Å². The monoisotopic (exact) mass is 271 g/mol. The predicted octanol–water partition coefficient (Wildman–Crippen LogP) is 1.98. The molecule has 4 heteroatoms. The Morgan fingerprint density at radius 2 is 2.00 bits per heavy atom. The zero-order valence-electron chi connectivity index (χ0n) is 12.6. The molecule has 3 unspecified atom stereocenters. The molecule has 2 rings (SSSR count). The number of hydrogen-bond donors (Lipinski definition) is 1. The summed E-state index contributed by atoms with van der Waals surface area (Å²) in [6.45, 7) is 4.46. The van der Waals surface area contributed by atoms with Crippen molar-refractivity contribution in [2.75, 3.05) is 34.0 Å². The van der Waals surface area contributed by atoms with E-state index in [1.165, 1.54) is 25.7 Å². The quantitative estimate of drug-likeness (QED) is 0.733. The van der Waals surface area contributed by atoms with Gasteiger partial charge in [0.25, 0.3) is 0 Å². The van der Waals surface area contributed by atoms with Crippen molar-refractivity contribution in [3.63, 3.8) is 0 Å². The Labute approximate surface area is 117 Å². The minimum Gasteiger partial charge on any atom is -0.382 e. The van der Waals surface area contributed by atoms with Crippen molar-refractivity contribution in [1.82, 2.24) is 5.32 Å². The summed E-state index contributed by atoms with van der Waals surface area (Å²) in [5, 5.41) is 3.69. The molecule has 0 aromatic carbocycles. The van der Waals surface area contributed by atoms with Crippen LogP contribution in [0.3, 0.4) is 0 Å². The van der Waals surface area contributed by atoms with E-state index in [9.17, 15) is 0 Å². The molecule has 3 atom stereocenters. The lowest BCUT2D eigenvalue weighted by atomic mass is 9.60. The second kappa shape index (κ2) is 7.02. The van der Waals surface area contributed by atoms with E-state index in [0.29, 0.717) is 24.2 Å². The van der Waals surface area contributed by atoms with Crippen molar-refractivity contribution in [2.45, 2.75) is 57.3 Å². The van der Waals surface area contributed by atoms with Crippen molar-refractivity contribution in [2.24, 2.45) is 5.41 Å². The van der Waals surface area contributed by atoms with E-state index in [0.717, 1.165) is 19.6 Å². The molecule has 1 spiro atoms. The molecule has 0 heterocycles. The maximum Gasteiger partial charge on any atom is 0.0928 e. The van der Waals surface area contributed by atoms with Gasteiger partial charge in [-0.3, -0.25) is 0 Å². The third-order valence-corrected chi connectivity index (χ3v) is 4.97. The Bertz CT molecular complexity index is 266. The topological polar surface area (TPSA) is 39.7 Å². The van der Waals surface area contributed by atoms with Crippen LogP contribution in [0.5, 0.6) is 0 Å². The summed E-state index contributed by atoms with van der Waals surface area (Å²) >= 11 is 0. The summed E-state index contributed by atoms with van der Waals surface area (Å²) in [5.74, 6) is 0. The molecule has 0 bridgehead atoms. The van der Waals surface area contributed by atoms with Crippen LogP contribution in [0.25, 0.3) is 0 Å². The lowest BCUT2D eigenvalue weighted by molar-refractivity contribution is -0.132. The highest BCUT2D eigenvalue weighted by Crippen LogP contribution is 2.54. The Morgan fingerprint density at radius 1 is 1.26 bits per heavy atom. The van der Waals surface area contributed by atoms with Gasteiger partial charge in [0.1, 0.15) is 0 Å². The van der Waals surface area contributed by atoms with Gasteiger partial charge in [-0.1, -0.05) is 12.8 Å². The molecule has 2 aliphatic rings. The molecule has 0 aliphatic heterocycles. The van der Waals surface area contributed by atoms with Crippen LogP contribution in [0.15, 0.2) is 0 Å². The smallest absolute Gasteiger partial charge is 0.0928 e. The number of hydrogen-bond acceptors (Lipinski definition) is 4. The highest BCUT2D eigenvalue weighted by atomic mass is 16.5. The number of ether oxygens (including phenoxy) is 3. The standard InChI is InChI=1S/C15H29NO3/c1-4-19-14-9-13(15(14)7-5-6-8-15)16-10-12(18-3)11-17-2/h12-14,16H,4-11H2,1-3H3. The molecule has 4 nitrogen and oxygen atoms in total. The van der Waals surface area contributed by atoms with Crippen LogP contribution in [0.2, 0.25) is 0 Å². The van der Waals surface area contributed by atoms with E-state index < -0.39 is 0 Å². The van der Waals surface area contributed by atoms with Gasteiger partial charge >= 0.3 is 0 Å². The van der Waals surface area contributed by atoms with Gasteiger partial charge in [-0.05, 0) is 26.2 Å². The molecule has 1 N–H and O–H groups in total. The van der Waals surface area contributed by atoms with Crippen LogP contribution in [-0.2, 0) is 14.2 Å². The second-order valence-corrected chi connectivity index (χ2v) is 5.89. The van der Waals surface area contributed by atoms with Crippen LogP contribution in [0, 0.1) is 5.41 Å². The summed E-state index contributed by atoms with van der Waals surface area (Å²) in [5.41, 5.74) is 0.404. The molecular formula is C15H29NO3. The second-order valence-electron chi connectivity index (χ2n) is 5.89. The zero-order valence-corrected chi connectivity index (χ0v) is 12.6. The molecule has 112 valence electrons. The van der Waals surface area contributed by atoms with Crippen LogP contribution in [0.4, 0.5) is 0 Å². The summed E-state index contributed by atoms with van der Waals surface area (Å²) in [6, 6.07) is 0.598. The van der Waals surface area contributed by atoms with Gasteiger partial charge in [0.05, 0.1) is 18.8 Å². The molecule has 0 radical (unpaired) electrons. The first-order valence-corrected chi connectivity index (χ1v) is 7.63. The van der Waals surface area contributed by atoms with Crippen LogP contribution in [-0.4, -0.2) is 52.2 Å². The van der Waals surface area contributed by atoms with Crippen LogP contribution in [0.1, 0.15) is 39.0 Å².